The van der Waals surface area contributed by atoms with Crippen LogP contribution in [0.5, 0.6) is 0 Å². The molecule has 1 atom stereocenters. The lowest BCUT2D eigenvalue weighted by Crippen LogP contribution is -2.52. The van der Waals surface area contributed by atoms with Crippen molar-refractivity contribution in [1.82, 2.24) is 9.80 Å². The summed E-state index contributed by atoms with van der Waals surface area (Å²) in [6.07, 6.45) is 2.52. The fourth-order valence-corrected chi connectivity index (χ4v) is 3.17. The van der Waals surface area contributed by atoms with Crippen molar-refractivity contribution in [3.05, 3.63) is 39.4 Å². The van der Waals surface area contributed by atoms with E-state index in [-0.39, 0.29) is 17.5 Å². The van der Waals surface area contributed by atoms with Crippen LogP contribution < -0.4 is 0 Å². The molecule has 2 fully saturated rings. The van der Waals surface area contributed by atoms with Crippen molar-refractivity contribution >= 4 is 17.5 Å². The highest BCUT2D eigenvalue weighted by Crippen LogP contribution is 2.25. The molecule has 3 rings (SSSR count). The number of amides is 2. The molecule has 1 unspecified atom stereocenters. The summed E-state index contributed by atoms with van der Waals surface area (Å²) in [5, 5.41) is 10.9. The molecular weight excluding hydrogens is 298 g/mol. The van der Waals surface area contributed by atoms with Crippen molar-refractivity contribution in [1.29, 1.82) is 0 Å². The Hall–Kier alpha value is -2.44. The molecule has 122 valence electrons. The van der Waals surface area contributed by atoms with Gasteiger partial charge in [-0.25, -0.2) is 0 Å². The number of benzene rings is 1. The van der Waals surface area contributed by atoms with E-state index >= 15 is 0 Å². The normalized spacial score (nSPS) is 20.3. The van der Waals surface area contributed by atoms with E-state index in [0.29, 0.717) is 24.1 Å². The zero-order chi connectivity index (χ0) is 16.6. The van der Waals surface area contributed by atoms with E-state index in [1.165, 1.54) is 18.2 Å². The summed E-state index contributed by atoms with van der Waals surface area (Å²) >= 11 is 0. The Balaban J connectivity index is 1.80. The predicted octanol–water partition coefficient (Wildman–Crippen LogP) is 1.74. The topological polar surface area (TPSA) is 83.8 Å². The molecule has 7 heteroatoms. The standard InChI is InChI=1S/C16H19N3O4/c1-11-10-12(5-6-13(11)19(22)23)15(20)18-9-2-4-14(18)16(21)17-7-3-8-17/h5-6,10,14H,2-4,7-9H2,1H3. The van der Waals surface area contributed by atoms with Crippen molar-refractivity contribution in [3.63, 3.8) is 0 Å². The van der Waals surface area contributed by atoms with Gasteiger partial charge in [0, 0.05) is 36.8 Å². The van der Waals surface area contributed by atoms with Crippen LogP contribution in [0.2, 0.25) is 0 Å². The summed E-state index contributed by atoms with van der Waals surface area (Å²) in [5.74, 6) is -0.194. The highest BCUT2D eigenvalue weighted by Gasteiger charge is 2.38. The Bertz CT molecular complexity index is 669. The third kappa shape index (κ3) is 2.78. The van der Waals surface area contributed by atoms with E-state index in [0.717, 1.165) is 25.9 Å². The van der Waals surface area contributed by atoms with Crippen LogP contribution in [0.1, 0.15) is 35.2 Å². The Kier molecular flexibility index (Phi) is 4.02. The van der Waals surface area contributed by atoms with Gasteiger partial charge in [-0.15, -0.1) is 0 Å². The van der Waals surface area contributed by atoms with Crippen LogP contribution in [0.25, 0.3) is 0 Å². The van der Waals surface area contributed by atoms with Crippen molar-refractivity contribution in [2.45, 2.75) is 32.2 Å². The first-order valence-electron chi connectivity index (χ1n) is 7.84. The minimum Gasteiger partial charge on any atom is -0.341 e. The average Bonchev–Trinajstić information content (AvgIpc) is 2.93. The lowest BCUT2D eigenvalue weighted by atomic mass is 10.1. The van der Waals surface area contributed by atoms with E-state index in [9.17, 15) is 19.7 Å². The molecule has 2 heterocycles. The summed E-state index contributed by atoms with van der Waals surface area (Å²) in [5.41, 5.74) is 0.846. The number of nitro groups is 1. The largest absolute Gasteiger partial charge is 0.341 e. The van der Waals surface area contributed by atoms with Gasteiger partial charge in [-0.05, 0) is 38.3 Å². The molecule has 1 aromatic carbocycles. The third-order valence-corrected chi connectivity index (χ3v) is 4.61. The van der Waals surface area contributed by atoms with Crippen LogP contribution in [0.3, 0.4) is 0 Å². The molecule has 0 bridgehead atoms. The van der Waals surface area contributed by atoms with Gasteiger partial charge in [-0.2, -0.15) is 0 Å². The SMILES string of the molecule is Cc1cc(C(=O)N2CCCC2C(=O)N2CCC2)ccc1[N+](=O)[O-]. The molecule has 2 amide bonds. The number of nitrogens with zero attached hydrogens (tertiary/aromatic N) is 3. The van der Waals surface area contributed by atoms with Gasteiger partial charge >= 0.3 is 0 Å². The van der Waals surface area contributed by atoms with Crippen molar-refractivity contribution in [2.24, 2.45) is 0 Å². The molecule has 0 aromatic heterocycles. The zero-order valence-corrected chi connectivity index (χ0v) is 13.0. The molecule has 1 aromatic rings. The molecule has 2 aliphatic heterocycles. The minimum absolute atomic E-state index is 0.00354. The third-order valence-electron chi connectivity index (χ3n) is 4.61. The van der Waals surface area contributed by atoms with E-state index in [1.54, 1.807) is 16.7 Å². The van der Waals surface area contributed by atoms with E-state index in [1.807, 2.05) is 0 Å². The van der Waals surface area contributed by atoms with Gasteiger partial charge in [0.1, 0.15) is 6.04 Å². The molecule has 2 aliphatic rings. The number of likely N-dealkylation sites (tertiary alicyclic amines) is 2. The first-order chi connectivity index (χ1) is 11.0. The molecule has 0 aliphatic carbocycles. The summed E-state index contributed by atoms with van der Waals surface area (Å²) < 4.78 is 0. The molecule has 23 heavy (non-hydrogen) atoms. The van der Waals surface area contributed by atoms with Gasteiger partial charge in [-0.3, -0.25) is 19.7 Å². The van der Waals surface area contributed by atoms with Gasteiger partial charge < -0.3 is 9.80 Å². The molecular formula is C16H19N3O4. The molecule has 0 saturated carbocycles. The number of carbonyl (C=O) groups excluding carboxylic acids is 2. The number of hydrogen-bond donors (Lipinski definition) is 0. The van der Waals surface area contributed by atoms with E-state index in [2.05, 4.69) is 0 Å². The van der Waals surface area contributed by atoms with Crippen LogP contribution >= 0.6 is 0 Å². The lowest BCUT2D eigenvalue weighted by Gasteiger charge is -2.35. The summed E-state index contributed by atoms with van der Waals surface area (Å²) in [7, 11) is 0. The summed E-state index contributed by atoms with van der Waals surface area (Å²) in [4.78, 5) is 39.0. The summed E-state index contributed by atoms with van der Waals surface area (Å²) in [6, 6.07) is 3.96. The predicted molar refractivity (Wildman–Crippen MR) is 83.1 cm³/mol. The maximum Gasteiger partial charge on any atom is 0.272 e. The smallest absolute Gasteiger partial charge is 0.272 e. The van der Waals surface area contributed by atoms with Gasteiger partial charge in [0.2, 0.25) is 5.91 Å². The van der Waals surface area contributed by atoms with Crippen molar-refractivity contribution < 1.29 is 14.5 Å². The Morgan fingerprint density at radius 3 is 2.52 bits per heavy atom. The zero-order valence-electron chi connectivity index (χ0n) is 13.0. The van der Waals surface area contributed by atoms with Crippen molar-refractivity contribution in [3.8, 4) is 0 Å². The maximum absolute atomic E-state index is 12.7. The molecule has 0 N–H and O–H groups in total. The van der Waals surface area contributed by atoms with Gasteiger partial charge in [0.15, 0.2) is 0 Å². The Labute approximate surface area is 134 Å². The number of nitro benzene ring substituents is 1. The fraction of sp³-hybridized carbons (Fsp3) is 0.500. The Morgan fingerprint density at radius 1 is 1.22 bits per heavy atom. The van der Waals surface area contributed by atoms with Crippen LogP contribution in [0, 0.1) is 17.0 Å². The summed E-state index contributed by atoms with van der Waals surface area (Å²) in [6.45, 7) is 3.71. The molecule has 7 nitrogen and oxygen atoms in total. The second-order valence-electron chi connectivity index (χ2n) is 6.09. The first kappa shape index (κ1) is 15.5. The minimum atomic E-state index is -0.463. The average molecular weight is 317 g/mol. The number of aryl methyl sites for hydroxylation is 1. The molecule has 2 saturated heterocycles. The monoisotopic (exact) mass is 317 g/mol. The maximum atomic E-state index is 12.7. The molecule has 0 spiro atoms. The van der Waals surface area contributed by atoms with Crippen molar-refractivity contribution in [2.75, 3.05) is 19.6 Å². The number of carbonyl (C=O) groups is 2. The quantitative estimate of drug-likeness (QED) is 0.628. The van der Waals surface area contributed by atoms with Crippen LogP contribution in [-0.2, 0) is 4.79 Å². The first-order valence-corrected chi connectivity index (χ1v) is 7.84. The van der Waals surface area contributed by atoms with Crippen LogP contribution in [0.4, 0.5) is 5.69 Å². The van der Waals surface area contributed by atoms with Gasteiger partial charge in [0.25, 0.3) is 11.6 Å². The lowest BCUT2D eigenvalue weighted by molar-refractivity contribution is -0.385. The molecule has 0 radical (unpaired) electrons. The highest BCUT2D eigenvalue weighted by molar-refractivity contribution is 5.98. The number of rotatable bonds is 3. The highest BCUT2D eigenvalue weighted by atomic mass is 16.6. The fourth-order valence-electron chi connectivity index (χ4n) is 3.17. The van der Waals surface area contributed by atoms with E-state index in [4.69, 9.17) is 0 Å². The second-order valence-corrected chi connectivity index (χ2v) is 6.09. The van der Waals surface area contributed by atoms with E-state index < -0.39 is 11.0 Å². The van der Waals surface area contributed by atoms with Gasteiger partial charge in [-0.1, -0.05) is 0 Å². The second kappa shape index (κ2) is 5.98. The number of hydrogen-bond acceptors (Lipinski definition) is 4. The van der Waals surface area contributed by atoms with Crippen LogP contribution in [-0.4, -0.2) is 52.2 Å². The van der Waals surface area contributed by atoms with Crippen LogP contribution in [0.15, 0.2) is 18.2 Å². The van der Waals surface area contributed by atoms with Gasteiger partial charge in [0.05, 0.1) is 4.92 Å². The Morgan fingerprint density at radius 2 is 1.96 bits per heavy atom.